The molecule has 1 amide bonds. The molecule has 1 saturated heterocycles. The van der Waals surface area contributed by atoms with Crippen molar-refractivity contribution in [2.45, 2.75) is 53.0 Å². The van der Waals surface area contributed by atoms with Crippen molar-refractivity contribution in [1.82, 2.24) is 9.62 Å². The minimum atomic E-state index is -3.15. The second-order valence-corrected chi connectivity index (χ2v) is 9.66. The van der Waals surface area contributed by atoms with Crippen molar-refractivity contribution in [3.8, 4) is 0 Å². The lowest BCUT2D eigenvalue weighted by molar-refractivity contribution is -0.127. The first-order valence-electron chi connectivity index (χ1n) is 9.65. The van der Waals surface area contributed by atoms with Gasteiger partial charge in [-0.2, -0.15) is 0 Å². The number of nitrogens with zero attached hydrogens (tertiary/aromatic N) is 1. The molecule has 1 aromatic rings. The quantitative estimate of drug-likeness (QED) is 0.790. The summed E-state index contributed by atoms with van der Waals surface area (Å²) >= 11 is 0. The molecule has 0 aromatic heterocycles. The zero-order chi connectivity index (χ0) is 19.3. The minimum absolute atomic E-state index is 0.0224. The van der Waals surface area contributed by atoms with Crippen molar-refractivity contribution >= 4 is 15.9 Å². The first kappa shape index (κ1) is 20.9. The maximum Gasteiger partial charge on any atom is 0.223 e. The number of aryl methyl sites for hydroxylation is 1. The van der Waals surface area contributed by atoms with E-state index in [1.54, 1.807) is 6.92 Å². The van der Waals surface area contributed by atoms with E-state index in [-0.39, 0.29) is 29.5 Å². The van der Waals surface area contributed by atoms with Gasteiger partial charge >= 0.3 is 0 Å². The minimum Gasteiger partial charge on any atom is -0.349 e. The van der Waals surface area contributed by atoms with Crippen molar-refractivity contribution in [3.63, 3.8) is 0 Å². The molecule has 1 atom stereocenters. The van der Waals surface area contributed by atoms with Crippen LogP contribution in [0.25, 0.3) is 0 Å². The van der Waals surface area contributed by atoms with E-state index in [2.05, 4.69) is 50.4 Å². The van der Waals surface area contributed by atoms with E-state index < -0.39 is 10.0 Å². The number of hydrogen-bond acceptors (Lipinski definition) is 3. The van der Waals surface area contributed by atoms with Gasteiger partial charge in [0.15, 0.2) is 0 Å². The summed E-state index contributed by atoms with van der Waals surface area (Å²) in [7, 11) is -3.15. The number of benzene rings is 1. The van der Waals surface area contributed by atoms with Gasteiger partial charge in [0.1, 0.15) is 0 Å². The lowest BCUT2D eigenvalue weighted by Gasteiger charge is -2.32. The van der Waals surface area contributed by atoms with Crippen LogP contribution in [0.1, 0.15) is 57.7 Å². The van der Waals surface area contributed by atoms with Crippen molar-refractivity contribution < 1.29 is 13.2 Å². The average Bonchev–Trinajstić information content (AvgIpc) is 2.66. The zero-order valence-corrected chi connectivity index (χ0v) is 17.2. The Kier molecular flexibility index (Phi) is 7.24. The van der Waals surface area contributed by atoms with Gasteiger partial charge in [0.25, 0.3) is 0 Å². The maximum atomic E-state index is 12.8. The molecule has 0 saturated carbocycles. The number of carbonyl (C=O) groups excluding carboxylic acids is 1. The van der Waals surface area contributed by atoms with E-state index in [9.17, 15) is 13.2 Å². The van der Waals surface area contributed by atoms with Crippen LogP contribution in [-0.4, -0.2) is 37.5 Å². The monoisotopic (exact) mass is 380 g/mol. The van der Waals surface area contributed by atoms with E-state index in [1.165, 1.54) is 9.87 Å². The van der Waals surface area contributed by atoms with Crippen LogP contribution >= 0.6 is 0 Å². The number of rotatable bonds is 7. The van der Waals surface area contributed by atoms with E-state index in [1.807, 2.05) is 0 Å². The third-order valence-electron chi connectivity index (χ3n) is 5.29. The predicted octanol–water partition coefficient (Wildman–Crippen LogP) is 3.12. The first-order valence-corrected chi connectivity index (χ1v) is 11.3. The molecule has 0 spiro atoms. The van der Waals surface area contributed by atoms with Crippen LogP contribution in [0.3, 0.4) is 0 Å². The highest BCUT2D eigenvalue weighted by molar-refractivity contribution is 7.89. The molecule has 0 aliphatic carbocycles. The summed E-state index contributed by atoms with van der Waals surface area (Å²) in [5.74, 6) is 0.325. The standard InChI is InChI=1S/C20H32N2O3S/c1-5-16-7-9-17(10-8-16)19(15(3)4)21-20(23)18-11-13-22(14-12-18)26(24,25)6-2/h7-10,15,18-19H,5-6,11-14H2,1-4H3,(H,21,23)/t19-/m1/s1. The number of piperidine rings is 1. The van der Waals surface area contributed by atoms with E-state index in [0.717, 1.165) is 12.0 Å². The summed E-state index contributed by atoms with van der Waals surface area (Å²) in [6.45, 7) is 8.87. The SMILES string of the molecule is CCc1ccc([C@H](NC(=O)C2CCN(S(=O)(=O)CC)CC2)C(C)C)cc1. The number of nitrogens with one attached hydrogen (secondary N) is 1. The molecule has 2 rings (SSSR count). The molecule has 1 aliphatic rings. The highest BCUT2D eigenvalue weighted by atomic mass is 32.2. The number of amides is 1. The summed E-state index contributed by atoms with van der Waals surface area (Å²) in [5.41, 5.74) is 2.41. The third-order valence-corrected chi connectivity index (χ3v) is 7.18. The van der Waals surface area contributed by atoms with Crippen molar-refractivity contribution in [2.24, 2.45) is 11.8 Å². The number of hydrogen-bond donors (Lipinski definition) is 1. The summed E-state index contributed by atoms with van der Waals surface area (Å²) in [4.78, 5) is 12.8. The van der Waals surface area contributed by atoms with Crippen LogP contribution in [-0.2, 0) is 21.2 Å². The van der Waals surface area contributed by atoms with Crippen molar-refractivity contribution in [2.75, 3.05) is 18.8 Å². The summed E-state index contributed by atoms with van der Waals surface area (Å²) < 4.78 is 25.4. The summed E-state index contributed by atoms with van der Waals surface area (Å²) in [6, 6.07) is 8.40. The molecule has 5 nitrogen and oxygen atoms in total. The van der Waals surface area contributed by atoms with E-state index in [0.29, 0.717) is 25.9 Å². The molecular formula is C20H32N2O3S. The molecule has 0 unspecified atom stereocenters. The van der Waals surface area contributed by atoms with Crippen LogP contribution in [0.2, 0.25) is 0 Å². The highest BCUT2D eigenvalue weighted by Crippen LogP contribution is 2.25. The fraction of sp³-hybridized carbons (Fsp3) is 0.650. The molecule has 1 aliphatic heterocycles. The fourth-order valence-electron chi connectivity index (χ4n) is 3.45. The first-order chi connectivity index (χ1) is 12.3. The molecule has 0 bridgehead atoms. The molecule has 1 fully saturated rings. The number of carbonyl (C=O) groups is 1. The lowest BCUT2D eigenvalue weighted by Crippen LogP contribution is -2.44. The molecular weight excluding hydrogens is 348 g/mol. The number of sulfonamides is 1. The van der Waals surface area contributed by atoms with Gasteiger partial charge in [0.05, 0.1) is 11.8 Å². The van der Waals surface area contributed by atoms with Crippen molar-refractivity contribution in [3.05, 3.63) is 35.4 Å². The van der Waals surface area contributed by atoms with E-state index in [4.69, 9.17) is 0 Å². The van der Waals surface area contributed by atoms with Gasteiger partial charge in [-0.25, -0.2) is 12.7 Å². The lowest BCUT2D eigenvalue weighted by atomic mass is 9.92. The predicted molar refractivity (Wildman–Crippen MR) is 105 cm³/mol. The summed E-state index contributed by atoms with van der Waals surface area (Å²) in [6.07, 6.45) is 2.17. The van der Waals surface area contributed by atoms with Gasteiger partial charge in [0, 0.05) is 19.0 Å². The van der Waals surface area contributed by atoms with Gasteiger partial charge in [-0.3, -0.25) is 4.79 Å². The topological polar surface area (TPSA) is 66.5 Å². The second kappa shape index (κ2) is 9.00. The molecule has 0 radical (unpaired) electrons. The Hall–Kier alpha value is -1.40. The molecule has 6 heteroatoms. The molecule has 1 aromatic carbocycles. The Balaban J connectivity index is 2.00. The van der Waals surface area contributed by atoms with Gasteiger partial charge in [-0.1, -0.05) is 45.0 Å². The Labute approximate surface area is 158 Å². The van der Waals surface area contributed by atoms with Crippen LogP contribution in [0.15, 0.2) is 24.3 Å². The van der Waals surface area contributed by atoms with Gasteiger partial charge in [-0.05, 0) is 43.2 Å². The second-order valence-electron chi connectivity index (χ2n) is 7.40. The van der Waals surface area contributed by atoms with Gasteiger partial charge < -0.3 is 5.32 Å². The van der Waals surface area contributed by atoms with Gasteiger partial charge in [0.2, 0.25) is 15.9 Å². The van der Waals surface area contributed by atoms with Gasteiger partial charge in [-0.15, -0.1) is 0 Å². The van der Waals surface area contributed by atoms with E-state index >= 15 is 0 Å². The normalized spacial score (nSPS) is 18.0. The largest absolute Gasteiger partial charge is 0.349 e. The average molecular weight is 381 g/mol. The van der Waals surface area contributed by atoms with Crippen LogP contribution in [0.4, 0.5) is 0 Å². The Morgan fingerprint density at radius 3 is 2.19 bits per heavy atom. The van der Waals surface area contributed by atoms with Crippen molar-refractivity contribution in [1.29, 1.82) is 0 Å². The maximum absolute atomic E-state index is 12.8. The Morgan fingerprint density at radius 1 is 1.15 bits per heavy atom. The molecule has 1 N–H and O–H groups in total. The Bertz CT molecular complexity index is 690. The third kappa shape index (κ3) is 5.07. The van der Waals surface area contributed by atoms with Crippen LogP contribution in [0, 0.1) is 11.8 Å². The smallest absolute Gasteiger partial charge is 0.223 e. The zero-order valence-electron chi connectivity index (χ0n) is 16.4. The molecule has 1 heterocycles. The molecule has 26 heavy (non-hydrogen) atoms. The molecule has 146 valence electrons. The highest BCUT2D eigenvalue weighted by Gasteiger charge is 2.31. The Morgan fingerprint density at radius 2 is 1.73 bits per heavy atom. The van der Waals surface area contributed by atoms with Crippen LogP contribution in [0.5, 0.6) is 0 Å². The fourth-order valence-corrected chi connectivity index (χ4v) is 4.58. The summed E-state index contributed by atoms with van der Waals surface area (Å²) in [5, 5.41) is 3.20. The van der Waals surface area contributed by atoms with Crippen LogP contribution < -0.4 is 5.32 Å².